The molecule has 125 heavy (non-hydrogen) atoms. The number of nitrogens with zero attached hydrogens (tertiary/aromatic N) is 14. The molecule has 640 valence electrons. The zero-order chi connectivity index (χ0) is 84.1. The van der Waals surface area contributed by atoms with Crippen molar-refractivity contribution < 1.29 is 58.4 Å². The largest absolute Gasteiger partial charge is 2.00 e. The van der Waals surface area contributed by atoms with Crippen LogP contribution in [0.5, 0.6) is 0 Å². The van der Waals surface area contributed by atoms with Gasteiger partial charge in [0.2, 0.25) is 0 Å². The molecule has 24 bridgehead atoms. The summed E-state index contributed by atoms with van der Waals surface area (Å²) in [5.74, 6) is 0. The second-order valence-corrected chi connectivity index (χ2v) is 34.2. The maximum Gasteiger partial charge on any atom is 2.00 e. The fourth-order valence-electron chi connectivity index (χ4n) is 18.1. The molecule has 0 unspecified atom stereocenters. The van der Waals surface area contributed by atoms with Crippen LogP contribution >= 0.6 is 0 Å². The molecule has 0 aromatic carbocycles. The molecule has 0 amide bonds. The molecular weight excluding hydrogens is 1690 g/mol. The third-order valence-corrected chi connectivity index (χ3v) is 25.2. The van der Waals surface area contributed by atoms with Gasteiger partial charge in [0.25, 0.3) is 0 Å². The molecule has 0 spiro atoms. The van der Waals surface area contributed by atoms with Gasteiger partial charge in [0, 0.05) is 57.0 Å². The zero-order valence-corrected chi connectivity index (χ0v) is 84.8. The third-order valence-electron chi connectivity index (χ3n) is 25.2. The van der Waals surface area contributed by atoms with Gasteiger partial charge in [-0.1, -0.05) is 280 Å². The van der Waals surface area contributed by atoms with E-state index in [1.807, 2.05) is 18.7 Å². The molecule has 0 aliphatic carbocycles. The van der Waals surface area contributed by atoms with E-state index in [0.717, 1.165) is 287 Å². The second-order valence-electron chi connectivity index (χ2n) is 34.2. The van der Waals surface area contributed by atoms with Gasteiger partial charge in [0.1, 0.15) is 0 Å². The molecule has 9 aromatic heterocycles. The molecule has 1 atom stereocenters. The molecule has 0 saturated carbocycles. The molecule has 0 radical (unpaired) electrons. The average Bonchev–Trinajstić information content (AvgIpc) is 1.61. The van der Waals surface area contributed by atoms with Crippen LogP contribution < -0.4 is 40.6 Å². The second kappa shape index (κ2) is 47.0. The maximum absolute atomic E-state index is 5.74. The van der Waals surface area contributed by atoms with Crippen LogP contribution in [0.4, 0.5) is 0 Å². The Kier molecular flexibility index (Phi) is 35.7. The van der Waals surface area contributed by atoms with Crippen LogP contribution in [0.15, 0.2) is 132 Å². The minimum absolute atomic E-state index is 0. The predicted molar refractivity (Wildman–Crippen MR) is 513 cm³/mol. The van der Waals surface area contributed by atoms with Crippen LogP contribution in [0.2, 0.25) is 0 Å². The van der Waals surface area contributed by atoms with E-state index < -0.39 is 0 Å². The monoisotopic (exact) mass is 1810 g/mol. The van der Waals surface area contributed by atoms with Crippen molar-refractivity contribution in [2.45, 2.75) is 286 Å². The molecule has 17 heteroatoms. The van der Waals surface area contributed by atoms with Crippen LogP contribution in [0.1, 0.15) is 343 Å². The molecule has 7 aliphatic rings. The Morgan fingerprint density at radius 2 is 0.776 bits per heavy atom. The number of hydrogen-bond donors (Lipinski definition) is 0. The third kappa shape index (κ3) is 23.0. The first-order valence-corrected chi connectivity index (χ1v) is 46.8. The van der Waals surface area contributed by atoms with Crippen LogP contribution in [0.25, 0.3) is 126 Å². The summed E-state index contributed by atoms with van der Waals surface area (Å²) in [5, 5.41) is 7.24. The summed E-state index contributed by atoms with van der Waals surface area (Å²) in [6.07, 6.45) is 72.8. The maximum atomic E-state index is 5.74. The summed E-state index contributed by atoms with van der Waals surface area (Å²) >= 11 is 0. The number of unbranched alkanes of at least 4 members (excludes halogenated alkanes) is 24. The summed E-state index contributed by atoms with van der Waals surface area (Å²) in [4.78, 5) is 64.1. The van der Waals surface area contributed by atoms with Crippen molar-refractivity contribution in [2.75, 3.05) is 0 Å². The van der Waals surface area contributed by atoms with E-state index in [0.29, 0.717) is 0 Å². The van der Waals surface area contributed by atoms with E-state index in [-0.39, 0.29) is 64.5 Å². The molecular formula is C108H125N14Zn3-7. The quantitative estimate of drug-likeness (QED) is 0.0204. The number of imidazole rings is 1. The van der Waals surface area contributed by atoms with E-state index in [4.69, 9.17) is 60.1 Å². The van der Waals surface area contributed by atoms with E-state index >= 15 is 0 Å². The van der Waals surface area contributed by atoms with Crippen LogP contribution in [-0.2, 0) is 84.1 Å². The molecule has 0 saturated heterocycles. The topological polar surface area (TPSA) is 180 Å². The summed E-state index contributed by atoms with van der Waals surface area (Å²) in [5.41, 5.74) is 31.9. The first kappa shape index (κ1) is 94.9. The molecule has 7 aliphatic heterocycles. The van der Waals surface area contributed by atoms with E-state index in [1.54, 1.807) is 0 Å². The van der Waals surface area contributed by atoms with Gasteiger partial charge in [0.15, 0.2) is 0 Å². The summed E-state index contributed by atoms with van der Waals surface area (Å²) < 4.78 is 2.05. The smallest absolute Gasteiger partial charge is 0.743 e. The Morgan fingerprint density at radius 1 is 0.360 bits per heavy atom. The average molecular weight is 1820 g/mol. The SMILES string of the molecule is [CH2-]/C1=c2\cc/c([n-]2)=C(\CCCCCCC)C2=N/C(=C(/c3c4nc(c(CCCCCCC)c5ccc([n-]5)c(-n5ccnc5)c5nc(c(CCCCCCC)c6ccc3[n-]6)C=C5)C=C4)c3ccc([n-]3)/C(CCCCCCC)=C3/C=C[C@H]1[N-]3)C=C2.[CH2-]c1c2nc(c(CCCCCCC)c3ccc([n-]3)c(C)c3nc(c(CCCCCCC)c4ccc1[n-]4)C=C3)C=C2.[Zn+2].[Zn].[Zn]. The Bertz CT molecular complexity index is 5850. The molecule has 16 heterocycles. The number of hydrogen-bond acceptors (Lipinski definition) is 6. The summed E-state index contributed by atoms with van der Waals surface area (Å²) in [6, 6.07) is 25.8. The number of rotatable bonds is 38. The van der Waals surface area contributed by atoms with Gasteiger partial charge in [-0.15, -0.1) is 73.2 Å². The van der Waals surface area contributed by atoms with Gasteiger partial charge in [-0.3, -0.25) is 0 Å². The van der Waals surface area contributed by atoms with Crippen molar-refractivity contribution in [3.05, 3.63) is 253 Å². The van der Waals surface area contributed by atoms with Gasteiger partial charge in [-0.2, -0.15) is 18.6 Å². The minimum Gasteiger partial charge on any atom is -0.743 e. The molecule has 16 rings (SSSR count). The van der Waals surface area contributed by atoms with Gasteiger partial charge in [-0.25, -0.2) is 42.9 Å². The van der Waals surface area contributed by atoms with E-state index in [2.05, 4.69) is 218 Å². The summed E-state index contributed by atoms with van der Waals surface area (Å²) in [6.45, 7) is 24.8. The number of allylic oxidation sites excluding steroid dienone is 4. The molecule has 14 nitrogen and oxygen atoms in total. The first-order valence-electron chi connectivity index (χ1n) is 46.8. The standard InChI is InChI=1S/C72H82N10.C36H43N4.3Zn/c1-6-10-14-18-22-26-50-56-32-30-54(74-56)49(5)55-31-33-57(75-55)51(27-23-19-15-11-7-2)59-35-41-65(77-59)70(64-40-34-58(50)76-64)71-66-42-36-60(78-66)52(28-24-20-16-12-8-3)62-38-44-68(80-62)72(82-47-46-73-48-82)69-45-39-63(81-69)53(29-25-21-17-13-9-4)61-37-43-67(71)79-61;1-5-7-9-11-13-15-27-33-21-17-29(37-33)25(3)31-19-23-35(39-31)28(16-14-12-10-8-6-2)36-24-20-32(40-36)26(4)30-18-22-34(27)38-30;;;/h30-48,54H,5-29H2,1-4H3;17-24H,3,5-16H2,1-2,4H3;;;/q-6;-3;;;+2/b55-49-,56-50-,57-51-,60-52?,61-53?,62-52?,63-53?,70-65+,71-66?,71-67?,72-68?,72-69?;;;;/t54-;;;;/m1..../s1. The Balaban J connectivity index is 0.000000278. The van der Waals surface area contributed by atoms with Crippen molar-refractivity contribution in [1.29, 1.82) is 0 Å². The fraction of sp³-hybridized carbons (Fsp3) is 0.407. The fourth-order valence-corrected chi connectivity index (χ4v) is 18.1. The number of aliphatic imine (C=N–C) groups is 1. The number of aryl methyl sites for hydroxylation is 5. The Morgan fingerprint density at radius 3 is 1.32 bits per heavy atom. The summed E-state index contributed by atoms with van der Waals surface area (Å²) in [7, 11) is 0. The Hall–Kier alpha value is -9.25. The van der Waals surface area contributed by atoms with Gasteiger partial charge in [0.05, 0.1) is 57.6 Å². The normalized spacial score (nSPS) is 16.2. The van der Waals surface area contributed by atoms with E-state index in [9.17, 15) is 0 Å². The minimum atomic E-state index is -0.208. The van der Waals surface area contributed by atoms with Crippen LogP contribution in [0, 0.1) is 20.8 Å². The van der Waals surface area contributed by atoms with Crippen molar-refractivity contribution in [1.82, 2.24) is 59.4 Å². The molecule has 0 N–H and O–H groups in total. The van der Waals surface area contributed by atoms with Crippen LogP contribution in [-0.4, -0.2) is 41.2 Å². The van der Waals surface area contributed by atoms with Gasteiger partial charge >= 0.3 is 19.5 Å². The zero-order valence-electron chi connectivity index (χ0n) is 75.9. The van der Waals surface area contributed by atoms with Gasteiger partial charge < -0.3 is 50.1 Å². The van der Waals surface area contributed by atoms with Crippen molar-refractivity contribution in [3.63, 3.8) is 0 Å². The number of fused-ring (bicyclic) bond motifs is 23. The predicted octanol–water partition coefficient (Wildman–Crippen LogP) is 25.8. The molecule has 0 fully saturated rings. The van der Waals surface area contributed by atoms with Crippen molar-refractivity contribution in [3.8, 4) is 5.69 Å². The first-order chi connectivity index (χ1) is 60.0. The van der Waals surface area contributed by atoms with Crippen molar-refractivity contribution >= 4 is 121 Å². The Labute approximate surface area is 781 Å². The number of aromatic nitrogens is 12. The van der Waals surface area contributed by atoms with E-state index in [1.165, 1.54) is 140 Å². The van der Waals surface area contributed by atoms with Crippen molar-refractivity contribution in [2.24, 2.45) is 4.99 Å². The van der Waals surface area contributed by atoms with Gasteiger partial charge in [-0.05, 0) is 189 Å². The van der Waals surface area contributed by atoms with Crippen LogP contribution in [0.3, 0.4) is 0 Å². The molecule has 9 aromatic rings.